The molecule has 2 aliphatic rings. The molecule has 146 valence electrons. The number of nitrogens with one attached hydrogen (secondary N) is 1. The van der Waals surface area contributed by atoms with Crippen LogP contribution in [-0.2, 0) is 4.79 Å². The zero-order valence-electron chi connectivity index (χ0n) is 16.3. The first kappa shape index (κ1) is 19.3. The summed E-state index contributed by atoms with van der Waals surface area (Å²) < 4.78 is 5.25. The fraction of sp³-hybridized carbons (Fsp3) is 0.250. The van der Waals surface area contributed by atoms with Gasteiger partial charge in [0.1, 0.15) is 5.75 Å². The molecule has 1 N–H and O–H groups in total. The van der Waals surface area contributed by atoms with Gasteiger partial charge in [0.25, 0.3) is 0 Å². The van der Waals surface area contributed by atoms with Crippen molar-refractivity contribution in [2.45, 2.75) is 31.6 Å². The summed E-state index contributed by atoms with van der Waals surface area (Å²) in [6, 6.07) is 17.6. The Hall–Kier alpha value is -3.03. The molecule has 0 saturated heterocycles. The number of hydrogen-bond donors (Lipinski definition) is 1. The number of hydrogen-bond acceptors (Lipinski definition) is 4. The second kappa shape index (κ2) is 7.77. The second-order valence-electron chi connectivity index (χ2n) is 7.45. The van der Waals surface area contributed by atoms with Crippen LogP contribution in [0, 0.1) is 11.3 Å². The SMILES string of the molecule is COc1ccc(C2C(C#N)=C(C)NC3=C2C(=O)CC(c2ccc(Cl)cc2)C3)cc1. The molecule has 1 heterocycles. The normalized spacial score (nSPS) is 21.4. The summed E-state index contributed by atoms with van der Waals surface area (Å²) in [5, 5.41) is 13.8. The molecule has 0 spiro atoms. The lowest BCUT2D eigenvalue weighted by Gasteiger charge is -2.35. The first-order valence-corrected chi connectivity index (χ1v) is 9.93. The standard InChI is InChI=1S/C24H21ClN2O2/c1-14-20(13-26)23(16-5-9-19(29-2)10-6-16)24-21(27-14)11-17(12-22(24)28)15-3-7-18(25)8-4-15/h3-10,17,23,27H,11-12H2,1-2H3. The number of ketones is 1. The number of carbonyl (C=O) groups excluding carboxylic acids is 1. The van der Waals surface area contributed by atoms with Crippen molar-refractivity contribution in [3.05, 3.63) is 87.2 Å². The van der Waals surface area contributed by atoms with Gasteiger partial charge >= 0.3 is 0 Å². The minimum atomic E-state index is -0.346. The van der Waals surface area contributed by atoms with Crippen LogP contribution in [0.15, 0.2) is 71.1 Å². The zero-order valence-corrected chi connectivity index (χ0v) is 17.1. The molecular weight excluding hydrogens is 384 g/mol. The van der Waals surface area contributed by atoms with Gasteiger partial charge in [-0.2, -0.15) is 5.26 Å². The van der Waals surface area contributed by atoms with Gasteiger partial charge in [0.2, 0.25) is 0 Å². The smallest absolute Gasteiger partial charge is 0.162 e. The Morgan fingerprint density at radius 2 is 1.72 bits per heavy atom. The third kappa shape index (κ3) is 3.54. The molecule has 2 unspecified atom stereocenters. The number of Topliss-reactive ketones (excluding diaryl/α,β-unsaturated/α-hetero) is 1. The molecule has 4 rings (SSSR count). The summed E-state index contributed by atoms with van der Waals surface area (Å²) in [6.45, 7) is 1.90. The number of rotatable bonds is 3. The molecule has 1 aliphatic carbocycles. The topological polar surface area (TPSA) is 62.1 Å². The predicted octanol–water partition coefficient (Wildman–Crippen LogP) is 5.23. The summed E-state index contributed by atoms with van der Waals surface area (Å²) in [5.41, 5.74) is 5.05. The van der Waals surface area contributed by atoms with E-state index in [9.17, 15) is 10.1 Å². The zero-order chi connectivity index (χ0) is 20.5. The van der Waals surface area contributed by atoms with Gasteiger partial charge in [0.15, 0.2) is 5.78 Å². The van der Waals surface area contributed by atoms with E-state index in [-0.39, 0.29) is 17.6 Å². The van der Waals surface area contributed by atoms with E-state index in [4.69, 9.17) is 16.3 Å². The second-order valence-corrected chi connectivity index (χ2v) is 7.89. The molecule has 1 aliphatic heterocycles. The predicted molar refractivity (Wildman–Crippen MR) is 113 cm³/mol. The molecule has 2 aromatic carbocycles. The molecule has 0 radical (unpaired) electrons. The molecule has 0 saturated carbocycles. The van der Waals surface area contributed by atoms with Crippen molar-refractivity contribution in [3.8, 4) is 11.8 Å². The molecule has 0 bridgehead atoms. The number of allylic oxidation sites excluding steroid dienone is 4. The Kier molecular flexibility index (Phi) is 5.17. The summed E-state index contributed by atoms with van der Waals surface area (Å²) in [4.78, 5) is 13.3. The van der Waals surface area contributed by atoms with Gasteiger partial charge in [-0.15, -0.1) is 0 Å². The molecule has 0 aromatic heterocycles. The maximum Gasteiger partial charge on any atom is 0.162 e. The maximum absolute atomic E-state index is 13.3. The molecular formula is C24H21ClN2O2. The van der Waals surface area contributed by atoms with Crippen LogP contribution < -0.4 is 10.1 Å². The van der Waals surface area contributed by atoms with Crippen molar-refractivity contribution in [1.82, 2.24) is 5.32 Å². The summed E-state index contributed by atoms with van der Waals surface area (Å²) in [7, 11) is 1.62. The number of nitriles is 1. The Morgan fingerprint density at radius 1 is 1.07 bits per heavy atom. The Balaban J connectivity index is 1.75. The van der Waals surface area contributed by atoms with Crippen molar-refractivity contribution in [3.63, 3.8) is 0 Å². The number of halogens is 1. The van der Waals surface area contributed by atoms with Gasteiger partial charge in [0.05, 0.1) is 24.7 Å². The van der Waals surface area contributed by atoms with Gasteiger partial charge in [-0.25, -0.2) is 0 Å². The van der Waals surface area contributed by atoms with Gasteiger partial charge in [0, 0.05) is 28.4 Å². The Morgan fingerprint density at radius 3 is 2.34 bits per heavy atom. The molecule has 2 aromatic rings. The lowest BCUT2D eigenvalue weighted by atomic mass is 9.72. The van der Waals surface area contributed by atoms with E-state index in [2.05, 4.69) is 11.4 Å². The van der Waals surface area contributed by atoms with Gasteiger partial charge < -0.3 is 10.1 Å². The van der Waals surface area contributed by atoms with Crippen LogP contribution in [0.5, 0.6) is 5.75 Å². The van der Waals surface area contributed by atoms with Crippen LogP contribution in [0.3, 0.4) is 0 Å². The van der Waals surface area contributed by atoms with E-state index in [1.54, 1.807) is 7.11 Å². The highest BCUT2D eigenvalue weighted by molar-refractivity contribution is 6.30. The molecule has 2 atom stereocenters. The maximum atomic E-state index is 13.3. The van der Waals surface area contributed by atoms with Gasteiger partial charge in [-0.1, -0.05) is 35.9 Å². The number of methoxy groups -OCH3 is 1. The Labute approximate surface area is 175 Å². The van der Waals surface area contributed by atoms with Crippen molar-refractivity contribution >= 4 is 17.4 Å². The summed E-state index contributed by atoms with van der Waals surface area (Å²) >= 11 is 6.02. The highest BCUT2D eigenvalue weighted by atomic mass is 35.5. The van der Waals surface area contributed by atoms with Crippen LogP contribution in [0.2, 0.25) is 5.02 Å². The average Bonchev–Trinajstić information content (AvgIpc) is 2.73. The first-order chi connectivity index (χ1) is 14.0. The van der Waals surface area contributed by atoms with E-state index in [0.717, 1.165) is 34.7 Å². The lowest BCUT2D eigenvalue weighted by molar-refractivity contribution is -0.116. The van der Waals surface area contributed by atoms with Crippen molar-refractivity contribution in [2.75, 3.05) is 7.11 Å². The third-order valence-corrected chi connectivity index (χ3v) is 5.99. The lowest BCUT2D eigenvalue weighted by Crippen LogP contribution is -2.33. The number of dihydropyridines is 1. The van der Waals surface area contributed by atoms with Gasteiger partial charge in [-0.05, 0) is 54.7 Å². The number of ether oxygens (including phenoxy) is 1. The van der Waals surface area contributed by atoms with E-state index in [1.807, 2.05) is 55.5 Å². The molecule has 0 amide bonds. The quantitative estimate of drug-likeness (QED) is 0.760. The van der Waals surface area contributed by atoms with Crippen LogP contribution >= 0.6 is 11.6 Å². The van der Waals surface area contributed by atoms with E-state index in [0.29, 0.717) is 22.6 Å². The summed E-state index contributed by atoms with van der Waals surface area (Å²) in [6.07, 6.45) is 1.15. The van der Waals surface area contributed by atoms with Crippen molar-refractivity contribution < 1.29 is 9.53 Å². The fourth-order valence-corrected chi connectivity index (χ4v) is 4.41. The third-order valence-electron chi connectivity index (χ3n) is 5.74. The fourth-order valence-electron chi connectivity index (χ4n) is 4.29. The van der Waals surface area contributed by atoms with Crippen LogP contribution in [0.1, 0.15) is 42.7 Å². The van der Waals surface area contributed by atoms with Crippen LogP contribution in [0.4, 0.5) is 0 Å². The van der Waals surface area contributed by atoms with Crippen molar-refractivity contribution in [2.24, 2.45) is 0 Å². The van der Waals surface area contributed by atoms with Gasteiger partial charge in [-0.3, -0.25) is 4.79 Å². The highest BCUT2D eigenvalue weighted by Gasteiger charge is 2.38. The highest BCUT2D eigenvalue weighted by Crippen LogP contribution is 2.45. The monoisotopic (exact) mass is 404 g/mol. The Bertz CT molecular complexity index is 1060. The molecule has 5 heteroatoms. The number of nitrogens with zero attached hydrogens (tertiary/aromatic N) is 1. The van der Waals surface area contributed by atoms with E-state index >= 15 is 0 Å². The first-order valence-electron chi connectivity index (χ1n) is 9.55. The molecule has 4 nitrogen and oxygen atoms in total. The molecule has 0 fully saturated rings. The minimum Gasteiger partial charge on any atom is -0.497 e. The van der Waals surface area contributed by atoms with E-state index < -0.39 is 0 Å². The number of carbonyl (C=O) groups is 1. The largest absolute Gasteiger partial charge is 0.497 e. The average molecular weight is 405 g/mol. The minimum absolute atomic E-state index is 0.0831. The van der Waals surface area contributed by atoms with Crippen LogP contribution in [0.25, 0.3) is 0 Å². The van der Waals surface area contributed by atoms with Crippen molar-refractivity contribution in [1.29, 1.82) is 5.26 Å². The van der Waals surface area contributed by atoms with E-state index in [1.165, 1.54) is 0 Å². The molecule has 29 heavy (non-hydrogen) atoms. The summed E-state index contributed by atoms with van der Waals surface area (Å²) in [5.74, 6) is 0.577. The van der Waals surface area contributed by atoms with Crippen LogP contribution in [-0.4, -0.2) is 12.9 Å². The number of benzene rings is 2.